The molecule has 0 spiro atoms. The van der Waals surface area contributed by atoms with Crippen LogP contribution in [0.25, 0.3) is 0 Å². The molecule has 1 aliphatic carbocycles. The Morgan fingerprint density at radius 3 is 2.48 bits per heavy atom. The Balaban J connectivity index is 2.12. The number of hydrogen-bond acceptors (Lipinski definition) is 4. The average Bonchev–Trinajstić information content (AvgIpc) is 2.58. The second kappa shape index (κ2) is 6.26. The molecule has 0 amide bonds. The van der Waals surface area contributed by atoms with Gasteiger partial charge in [0.2, 0.25) is 0 Å². The largest absolute Gasteiger partial charge is 0.298 e. The van der Waals surface area contributed by atoms with Crippen molar-refractivity contribution in [2.75, 3.05) is 24.6 Å². The van der Waals surface area contributed by atoms with E-state index in [0.717, 1.165) is 25.8 Å². The van der Waals surface area contributed by atoms with Gasteiger partial charge in [0.15, 0.2) is 9.84 Å². The molecule has 0 aromatic carbocycles. The molecule has 4 nitrogen and oxygen atoms in total. The van der Waals surface area contributed by atoms with Crippen molar-refractivity contribution >= 4 is 9.84 Å². The van der Waals surface area contributed by atoms with Crippen molar-refractivity contribution in [2.24, 2.45) is 17.3 Å². The molecule has 2 aliphatic rings. The van der Waals surface area contributed by atoms with Gasteiger partial charge in [-0.15, -0.1) is 0 Å². The van der Waals surface area contributed by atoms with E-state index >= 15 is 0 Å². The van der Waals surface area contributed by atoms with Crippen molar-refractivity contribution in [1.29, 1.82) is 5.26 Å². The fourth-order valence-electron chi connectivity index (χ4n) is 3.78. The monoisotopic (exact) mass is 312 g/mol. The zero-order valence-corrected chi connectivity index (χ0v) is 14.3. The summed E-state index contributed by atoms with van der Waals surface area (Å²) in [5.74, 6) is 1.23. The highest BCUT2D eigenvalue weighted by atomic mass is 32.2. The summed E-state index contributed by atoms with van der Waals surface area (Å²) in [6, 6.07) is 2.71. The van der Waals surface area contributed by atoms with E-state index in [9.17, 15) is 13.7 Å². The second-order valence-corrected chi connectivity index (χ2v) is 10.0. The lowest BCUT2D eigenvalue weighted by Crippen LogP contribution is -2.47. The first-order valence-corrected chi connectivity index (χ1v) is 9.89. The van der Waals surface area contributed by atoms with Gasteiger partial charge >= 0.3 is 0 Å². The van der Waals surface area contributed by atoms with Crippen LogP contribution in [0.4, 0.5) is 0 Å². The van der Waals surface area contributed by atoms with Gasteiger partial charge in [-0.05, 0) is 43.6 Å². The standard InChI is InChI=1S/C16H28N2O2S/c1-16(2,3)14-6-5-13(12-17)15(11-14)18-7-4-9-21(19,20)10-8-18/h13-15H,4-11H2,1-3H3. The molecule has 1 saturated heterocycles. The van der Waals surface area contributed by atoms with Crippen molar-refractivity contribution in [2.45, 2.75) is 52.5 Å². The third kappa shape index (κ3) is 4.20. The average molecular weight is 312 g/mol. The van der Waals surface area contributed by atoms with Gasteiger partial charge in [-0.25, -0.2) is 8.42 Å². The molecule has 3 unspecified atom stereocenters. The molecule has 3 atom stereocenters. The summed E-state index contributed by atoms with van der Waals surface area (Å²) < 4.78 is 23.6. The Kier molecular flexibility index (Phi) is 4.99. The quantitative estimate of drug-likeness (QED) is 0.746. The second-order valence-electron chi connectivity index (χ2n) is 7.72. The molecular weight excluding hydrogens is 284 g/mol. The van der Waals surface area contributed by atoms with Crippen LogP contribution in [0, 0.1) is 28.6 Å². The summed E-state index contributed by atoms with van der Waals surface area (Å²) in [6.45, 7) is 8.23. The minimum Gasteiger partial charge on any atom is -0.298 e. The smallest absolute Gasteiger partial charge is 0.151 e. The molecule has 0 aromatic rings. The van der Waals surface area contributed by atoms with Crippen LogP contribution in [0.3, 0.4) is 0 Å². The Labute approximate surface area is 129 Å². The van der Waals surface area contributed by atoms with E-state index in [4.69, 9.17) is 0 Å². The minimum atomic E-state index is -2.88. The summed E-state index contributed by atoms with van der Waals surface area (Å²) >= 11 is 0. The number of rotatable bonds is 1. The molecule has 2 rings (SSSR count). The highest BCUT2D eigenvalue weighted by Gasteiger charge is 2.39. The zero-order valence-electron chi connectivity index (χ0n) is 13.5. The Morgan fingerprint density at radius 2 is 1.86 bits per heavy atom. The number of nitriles is 1. The van der Waals surface area contributed by atoms with E-state index in [1.165, 1.54) is 0 Å². The highest BCUT2D eigenvalue weighted by Crippen LogP contribution is 2.41. The molecule has 2 fully saturated rings. The number of nitrogens with zero attached hydrogens (tertiary/aromatic N) is 2. The molecule has 1 saturated carbocycles. The highest BCUT2D eigenvalue weighted by molar-refractivity contribution is 7.91. The van der Waals surface area contributed by atoms with Gasteiger partial charge in [-0.2, -0.15) is 5.26 Å². The Bertz CT molecular complexity index is 501. The summed E-state index contributed by atoms with van der Waals surface area (Å²) in [4.78, 5) is 2.29. The summed E-state index contributed by atoms with van der Waals surface area (Å²) in [6.07, 6.45) is 3.80. The van der Waals surface area contributed by atoms with Gasteiger partial charge in [-0.3, -0.25) is 4.90 Å². The van der Waals surface area contributed by atoms with Crippen molar-refractivity contribution in [3.63, 3.8) is 0 Å². The molecule has 5 heteroatoms. The Hall–Kier alpha value is -0.600. The molecule has 1 aliphatic heterocycles. The molecule has 0 bridgehead atoms. The zero-order chi connectivity index (χ0) is 15.7. The van der Waals surface area contributed by atoms with Crippen LogP contribution in [-0.4, -0.2) is 44.0 Å². The SMILES string of the molecule is CC(C)(C)C1CCC(C#N)C(N2CCCS(=O)(=O)CC2)C1. The van der Waals surface area contributed by atoms with Crippen LogP contribution < -0.4 is 0 Å². The third-order valence-electron chi connectivity index (χ3n) is 5.27. The number of hydrogen-bond donors (Lipinski definition) is 0. The lowest BCUT2D eigenvalue weighted by molar-refractivity contribution is 0.0647. The third-order valence-corrected chi connectivity index (χ3v) is 6.98. The first-order chi connectivity index (χ1) is 9.73. The van der Waals surface area contributed by atoms with Gasteiger partial charge < -0.3 is 0 Å². The van der Waals surface area contributed by atoms with E-state index in [2.05, 4.69) is 31.7 Å². The molecule has 0 radical (unpaired) electrons. The predicted molar refractivity (Wildman–Crippen MR) is 84.5 cm³/mol. The van der Waals surface area contributed by atoms with Gasteiger partial charge in [-0.1, -0.05) is 20.8 Å². The maximum absolute atomic E-state index is 11.8. The van der Waals surface area contributed by atoms with Gasteiger partial charge in [0.25, 0.3) is 0 Å². The topological polar surface area (TPSA) is 61.2 Å². The molecule has 21 heavy (non-hydrogen) atoms. The normalized spacial score (nSPS) is 34.9. The van der Waals surface area contributed by atoms with Crippen molar-refractivity contribution in [3.05, 3.63) is 0 Å². The molecule has 0 N–H and O–H groups in total. The number of sulfone groups is 1. The van der Waals surface area contributed by atoms with E-state index in [1.807, 2.05) is 0 Å². The van der Waals surface area contributed by atoms with Crippen LogP contribution in [-0.2, 0) is 9.84 Å². The first-order valence-electron chi connectivity index (χ1n) is 8.07. The van der Waals surface area contributed by atoms with Crippen LogP contribution >= 0.6 is 0 Å². The predicted octanol–water partition coefficient (Wildman–Crippen LogP) is 2.46. The summed E-state index contributed by atoms with van der Waals surface area (Å²) in [5, 5.41) is 9.46. The van der Waals surface area contributed by atoms with Crippen LogP contribution in [0.1, 0.15) is 46.5 Å². The summed E-state index contributed by atoms with van der Waals surface area (Å²) in [7, 11) is -2.88. The maximum Gasteiger partial charge on any atom is 0.151 e. The van der Waals surface area contributed by atoms with Crippen molar-refractivity contribution in [3.8, 4) is 6.07 Å². The molecule has 120 valence electrons. The molecule has 0 aromatic heterocycles. The van der Waals surface area contributed by atoms with E-state index in [-0.39, 0.29) is 23.1 Å². The van der Waals surface area contributed by atoms with Crippen LogP contribution in [0.5, 0.6) is 0 Å². The lowest BCUT2D eigenvalue weighted by Gasteiger charge is -2.44. The van der Waals surface area contributed by atoms with E-state index in [0.29, 0.717) is 24.6 Å². The van der Waals surface area contributed by atoms with Gasteiger partial charge in [0, 0.05) is 12.6 Å². The fraction of sp³-hybridized carbons (Fsp3) is 0.938. The lowest BCUT2D eigenvalue weighted by atomic mass is 9.68. The van der Waals surface area contributed by atoms with Crippen LogP contribution in [0.15, 0.2) is 0 Å². The maximum atomic E-state index is 11.8. The molecule has 1 heterocycles. The summed E-state index contributed by atoms with van der Waals surface area (Å²) in [5.41, 5.74) is 0.261. The first kappa shape index (κ1) is 16.8. The van der Waals surface area contributed by atoms with Gasteiger partial charge in [0.05, 0.1) is 23.5 Å². The van der Waals surface area contributed by atoms with E-state index < -0.39 is 9.84 Å². The Morgan fingerprint density at radius 1 is 1.14 bits per heavy atom. The van der Waals surface area contributed by atoms with Gasteiger partial charge in [0.1, 0.15) is 0 Å². The van der Waals surface area contributed by atoms with E-state index in [1.54, 1.807) is 0 Å². The fourth-order valence-corrected chi connectivity index (χ4v) is 5.06. The van der Waals surface area contributed by atoms with Crippen LogP contribution in [0.2, 0.25) is 0 Å². The van der Waals surface area contributed by atoms with Crippen molar-refractivity contribution < 1.29 is 8.42 Å². The van der Waals surface area contributed by atoms with Crippen molar-refractivity contribution in [1.82, 2.24) is 4.90 Å². The minimum absolute atomic E-state index is 0.0596. The molecular formula is C16H28N2O2S.